The van der Waals surface area contributed by atoms with Gasteiger partial charge in [-0.25, -0.2) is 4.79 Å². The van der Waals surface area contributed by atoms with Gasteiger partial charge < -0.3 is 24.1 Å². The molecule has 1 saturated heterocycles. The van der Waals surface area contributed by atoms with Gasteiger partial charge in [0, 0.05) is 0 Å². The second-order valence-corrected chi connectivity index (χ2v) is 13.2. The third-order valence-electron chi connectivity index (χ3n) is 8.37. The summed E-state index contributed by atoms with van der Waals surface area (Å²) in [6, 6.07) is 28.8. The van der Waals surface area contributed by atoms with E-state index in [0.717, 1.165) is 29.7 Å². The Hall–Kier alpha value is -2.68. The van der Waals surface area contributed by atoms with Gasteiger partial charge in [0.25, 0.3) is 0 Å². The lowest BCUT2D eigenvalue weighted by Gasteiger charge is -2.45. The second kappa shape index (κ2) is 21.2. The Morgan fingerprint density at radius 1 is 0.674 bits per heavy atom. The van der Waals surface area contributed by atoms with E-state index in [-0.39, 0.29) is 6.61 Å². The molecule has 0 unspecified atom stereocenters. The SMILES string of the molecule is CCCCCCCCCCCCS[C@@H]1O[C@H](CO)[C@H](OCc2ccccc2)[C@H](OCc2ccccc2)[C@H]1OC(=O)c1ccccc1. The molecular formula is C39H52O6S. The topological polar surface area (TPSA) is 74.2 Å². The number of thioether (sulfide) groups is 1. The van der Waals surface area contributed by atoms with Crippen LogP contribution in [0.4, 0.5) is 0 Å². The van der Waals surface area contributed by atoms with Crippen LogP contribution in [0.5, 0.6) is 0 Å². The lowest BCUT2D eigenvalue weighted by atomic mass is 9.99. The summed E-state index contributed by atoms with van der Waals surface area (Å²) in [5, 5.41) is 10.5. The molecule has 0 aromatic heterocycles. The van der Waals surface area contributed by atoms with Crippen molar-refractivity contribution in [2.75, 3.05) is 12.4 Å². The molecule has 6 nitrogen and oxygen atoms in total. The number of carbonyl (C=O) groups is 1. The minimum absolute atomic E-state index is 0.237. The first-order valence-electron chi connectivity index (χ1n) is 17.1. The molecule has 1 heterocycles. The highest BCUT2D eigenvalue weighted by Gasteiger charge is 2.49. The number of hydrogen-bond donors (Lipinski definition) is 1. The predicted octanol–water partition coefficient (Wildman–Crippen LogP) is 8.75. The standard InChI is InChI=1S/C39H52O6S/c1-2-3-4-5-6-7-8-9-10-20-27-46-39-37(45-38(41)33-25-18-13-19-26-33)36(43-30-32-23-16-12-17-24-32)35(34(28-40)44-39)42-29-31-21-14-11-15-22-31/h11-19,21-26,34-37,39-40H,2-10,20,27-30H2,1H3/t34-,35+,36+,37-,39+/m1/s1. The fourth-order valence-corrected chi connectivity index (χ4v) is 6.99. The summed E-state index contributed by atoms with van der Waals surface area (Å²) in [5.74, 6) is 0.427. The van der Waals surface area contributed by atoms with E-state index in [1.54, 1.807) is 23.9 Å². The van der Waals surface area contributed by atoms with Crippen LogP contribution >= 0.6 is 11.8 Å². The molecule has 3 aromatic rings. The van der Waals surface area contributed by atoms with Crippen LogP contribution in [0.3, 0.4) is 0 Å². The maximum Gasteiger partial charge on any atom is 0.338 e. The van der Waals surface area contributed by atoms with Crippen LogP contribution in [-0.2, 0) is 32.2 Å². The minimum Gasteiger partial charge on any atom is -0.452 e. The summed E-state index contributed by atoms with van der Waals surface area (Å²) in [4.78, 5) is 13.4. The Kier molecular flexibility index (Phi) is 16.7. The van der Waals surface area contributed by atoms with E-state index in [2.05, 4.69) is 6.92 Å². The third-order valence-corrected chi connectivity index (χ3v) is 9.61. The quantitative estimate of drug-likeness (QED) is 0.0915. The van der Waals surface area contributed by atoms with Crippen LogP contribution in [0.2, 0.25) is 0 Å². The number of esters is 1. The van der Waals surface area contributed by atoms with Gasteiger partial charge >= 0.3 is 5.97 Å². The lowest BCUT2D eigenvalue weighted by molar-refractivity contribution is -0.239. The molecule has 0 radical (unpaired) electrons. The van der Waals surface area contributed by atoms with Crippen molar-refractivity contribution in [1.29, 1.82) is 0 Å². The summed E-state index contributed by atoms with van der Waals surface area (Å²) < 4.78 is 25.8. The van der Waals surface area contributed by atoms with Crippen molar-refractivity contribution in [3.63, 3.8) is 0 Å². The summed E-state index contributed by atoms with van der Waals surface area (Å²) in [7, 11) is 0. The van der Waals surface area contributed by atoms with Gasteiger partial charge in [0.1, 0.15) is 23.7 Å². The molecule has 0 bridgehead atoms. The summed E-state index contributed by atoms with van der Waals surface area (Å²) in [6.07, 6.45) is 9.99. The molecular weight excluding hydrogens is 596 g/mol. The highest BCUT2D eigenvalue weighted by Crippen LogP contribution is 2.35. The van der Waals surface area contributed by atoms with Gasteiger partial charge in [0.05, 0.1) is 25.4 Å². The Balaban J connectivity index is 1.46. The van der Waals surface area contributed by atoms with Crippen molar-refractivity contribution in [3.8, 4) is 0 Å². The highest BCUT2D eigenvalue weighted by molar-refractivity contribution is 7.99. The average Bonchev–Trinajstić information content (AvgIpc) is 3.10. The second-order valence-electron chi connectivity index (χ2n) is 12.0. The first-order chi connectivity index (χ1) is 22.7. The van der Waals surface area contributed by atoms with Crippen LogP contribution in [-0.4, -0.2) is 53.3 Å². The van der Waals surface area contributed by atoms with E-state index in [1.807, 2.05) is 78.9 Å². The molecule has 0 saturated carbocycles. The molecule has 3 aromatic carbocycles. The van der Waals surface area contributed by atoms with Gasteiger partial charge in [-0.3, -0.25) is 0 Å². The van der Waals surface area contributed by atoms with E-state index >= 15 is 0 Å². The maximum atomic E-state index is 13.4. The van der Waals surface area contributed by atoms with Crippen molar-refractivity contribution in [1.82, 2.24) is 0 Å². The average molecular weight is 649 g/mol. The highest BCUT2D eigenvalue weighted by atomic mass is 32.2. The van der Waals surface area contributed by atoms with Gasteiger partial charge in [0.2, 0.25) is 0 Å². The van der Waals surface area contributed by atoms with E-state index in [1.165, 1.54) is 51.4 Å². The minimum atomic E-state index is -0.742. The normalized spacial score (nSPS) is 21.2. The zero-order valence-corrected chi connectivity index (χ0v) is 28.2. The monoisotopic (exact) mass is 648 g/mol. The van der Waals surface area contributed by atoms with Gasteiger partial charge in [-0.2, -0.15) is 0 Å². The van der Waals surface area contributed by atoms with Gasteiger partial charge in [-0.1, -0.05) is 144 Å². The van der Waals surface area contributed by atoms with E-state index in [4.69, 9.17) is 18.9 Å². The molecule has 0 aliphatic carbocycles. The van der Waals surface area contributed by atoms with Crippen molar-refractivity contribution >= 4 is 17.7 Å². The Bertz CT molecular complexity index is 1210. The van der Waals surface area contributed by atoms with Crippen LogP contribution < -0.4 is 0 Å². The van der Waals surface area contributed by atoms with Crippen molar-refractivity contribution < 1.29 is 28.8 Å². The molecule has 1 fully saturated rings. The molecule has 46 heavy (non-hydrogen) atoms. The smallest absolute Gasteiger partial charge is 0.338 e. The number of aliphatic hydroxyl groups excluding tert-OH is 1. The molecule has 1 aliphatic heterocycles. The molecule has 1 aliphatic rings. The molecule has 4 rings (SSSR count). The van der Waals surface area contributed by atoms with Crippen molar-refractivity contribution in [2.24, 2.45) is 0 Å². The van der Waals surface area contributed by atoms with E-state index in [9.17, 15) is 9.90 Å². The largest absolute Gasteiger partial charge is 0.452 e. The number of unbranched alkanes of at least 4 members (excludes halogenated alkanes) is 9. The van der Waals surface area contributed by atoms with Gasteiger partial charge in [-0.15, -0.1) is 11.8 Å². The number of ether oxygens (including phenoxy) is 4. The number of hydrogen-bond acceptors (Lipinski definition) is 7. The number of aliphatic hydroxyl groups is 1. The van der Waals surface area contributed by atoms with Crippen LogP contribution in [0.25, 0.3) is 0 Å². The molecule has 7 heteroatoms. The fourth-order valence-electron chi connectivity index (χ4n) is 5.76. The van der Waals surface area contributed by atoms with Crippen LogP contribution in [0, 0.1) is 0 Å². The maximum absolute atomic E-state index is 13.4. The number of carbonyl (C=O) groups excluding carboxylic acids is 1. The lowest BCUT2D eigenvalue weighted by Crippen LogP contribution is -2.60. The van der Waals surface area contributed by atoms with E-state index < -0.39 is 35.8 Å². The molecule has 5 atom stereocenters. The van der Waals surface area contributed by atoms with Crippen molar-refractivity contribution in [3.05, 3.63) is 108 Å². The van der Waals surface area contributed by atoms with Gasteiger partial charge in [0.15, 0.2) is 6.10 Å². The Morgan fingerprint density at radius 2 is 1.17 bits per heavy atom. The zero-order valence-electron chi connectivity index (χ0n) is 27.3. The van der Waals surface area contributed by atoms with Crippen LogP contribution in [0.15, 0.2) is 91.0 Å². The molecule has 0 amide bonds. The summed E-state index contributed by atoms with van der Waals surface area (Å²) in [6.45, 7) is 2.64. The third kappa shape index (κ3) is 12.2. The Morgan fingerprint density at radius 3 is 1.72 bits per heavy atom. The first-order valence-corrected chi connectivity index (χ1v) is 18.2. The summed E-state index contributed by atoms with van der Waals surface area (Å²) in [5.41, 5.74) is 1.95. The van der Waals surface area contributed by atoms with Crippen LogP contribution in [0.1, 0.15) is 92.6 Å². The molecule has 1 N–H and O–H groups in total. The Labute approximate surface area is 280 Å². The number of rotatable bonds is 21. The predicted molar refractivity (Wildman–Crippen MR) is 186 cm³/mol. The molecule has 250 valence electrons. The fraction of sp³-hybridized carbons (Fsp3) is 0.513. The van der Waals surface area contributed by atoms with E-state index in [0.29, 0.717) is 18.8 Å². The summed E-state index contributed by atoms with van der Waals surface area (Å²) >= 11 is 1.63. The zero-order chi connectivity index (χ0) is 32.2. The number of benzene rings is 3. The molecule has 0 spiro atoms. The first kappa shape index (κ1) is 36.2. The van der Waals surface area contributed by atoms with Crippen molar-refractivity contribution in [2.45, 2.75) is 114 Å². The van der Waals surface area contributed by atoms with Gasteiger partial charge in [-0.05, 0) is 35.4 Å².